The molecule has 0 aliphatic heterocycles. The van der Waals surface area contributed by atoms with E-state index in [1.807, 2.05) is 53.4 Å². The van der Waals surface area contributed by atoms with Gasteiger partial charge in [-0.1, -0.05) is 30.3 Å². The fraction of sp³-hybridized carbons (Fsp3) is 0.414. The molecule has 10 heteroatoms. The van der Waals surface area contributed by atoms with Crippen LogP contribution in [0.4, 0.5) is 19.0 Å². The number of nitrogens with zero attached hydrogens (tertiary/aromatic N) is 2. The van der Waals surface area contributed by atoms with Crippen molar-refractivity contribution in [1.82, 2.24) is 9.71 Å². The number of methoxy groups -OCH3 is 2. The lowest BCUT2D eigenvalue weighted by atomic mass is 10.0. The number of halogens is 3. The summed E-state index contributed by atoms with van der Waals surface area (Å²) in [5, 5.41) is 0. The zero-order valence-electron chi connectivity index (χ0n) is 22.9. The molecular weight excluding hydrogens is 527 g/mol. The quantitative estimate of drug-likeness (QED) is 0.246. The summed E-state index contributed by atoms with van der Waals surface area (Å²) in [7, 11) is 3.20. The van der Waals surface area contributed by atoms with Crippen LogP contribution in [0.1, 0.15) is 56.3 Å². The second-order valence-electron chi connectivity index (χ2n) is 10.2. The van der Waals surface area contributed by atoms with Gasteiger partial charge in [0.1, 0.15) is 22.1 Å². The Bertz CT molecular complexity index is 1120. The van der Waals surface area contributed by atoms with Gasteiger partial charge in [-0.3, -0.25) is 0 Å². The Morgan fingerprint density at radius 3 is 1.85 bits per heavy atom. The van der Waals surface area contributed by atoms with Crippen molar-refractivity contribution in [2.75, 3.05) is 19.1 Å². The lowest BCUT2D eigenvalue weighted by Gasteiger charge is -2.32. The minimum atomic E-state index is -4.35. The van der Waals surface area contributed by atoms with Gasteiger partial charge in [0.15, 0.2) is 0 Å². The summed E-state index contributed by atoms with van der Waals surface area (Å²) < 4.78 is 65.8. The highest BCUT2D eigenvalue weighted by Crippen LogP contribution is 2.34. The van der Waals surface area contributed by atoms with E-state index >= 15 is 0 Å². The molecule has 0 saturated carbocycles. The van der Waals surface area contributed by atoms with E-state index in [9.17, 15) is 17.7 Å². The predicted molar refractivity (Wildman–Crippen MR) is 149 cm³/mol. The maximum Gasteiger partial charge on any atom is 0.389 e. The van der Waals surface area contributed by atoms with Crippen LogP contribution >= 0.6 is 0 Å². The second kappa shape index (κ2) is 13.4. The Labute approximate surface area is 231 Å². The molecule has 0 fully saturated rings. The second-order valence-corrected chi connectivity index (χ2v) is 12.2. The number of benzene rings is 2. The van der Waals surface area contributed by atoms with Crippen molar-refractivity contribution >= 4 is 17.2 Å². The molecule has 0 bridgehead atoms. The standard InChI is InChI=1S/C29H36F3N3O3S/c1-28(2,3)39(36)34-26(16-17-29(30,31)32)25-7-6-18-33-27(25)35(19-21-8-12-23(37-4)13-9-21)20-22-10-14-24(38-5)15-11-22/h6-15,18,26,34H,16-17,19-20H2,1-5H3/t26-,39+/m1/s1. The normalized spacial score (nSPS) is 13.6. The lowest BCUT2D eigenvalue weighted by Crippen LogP contribution is -2.42. The highest BCUT2D eigenvalue weighted by atomic mass is 32.2. The minimum absolute atomic E-state index is 0.275. The van der Waals surface area contributed by atoms with Crippen molar-refractivity contribution in [3.05, 3.63) is 83.6 Å². The third-order valence-electron chi connectivity index (χ3n) is 6.08. The van der Waals surface area contributed by atoms with Crippen LogP contribution in [0.2, 0.25) is 0 Å². The Kier molecular flexibility index (Phi) is 10.5. The first kappa shape index (κ1) is 30.6. The smallest absolute Gasteiger partial charge is 0.389 e. The molecule has 1 aromatic heterocycles. The van der Waals surface area contributed by atoms with Gasteiger partial charge in [0.25, 0.3) is 0 Å². The number of anilines is 1. The summed E-state index contributed by atoms with van der Waals surface area (Å²) in [5.41, 5.74) is 2.50. The number of rotatable bonds is 12. The highest BCUT2D eigenvalue weighted by molar-refractivity contribution is 7.90. The van der Waals surface area contributed by atoms with E-state index in [0.717, 1.165) is 22.6 Å². The topological polar surface area (TPSA) is 69.7 Å². The summed E-state index contributed by atoms with van der Waals surface area (Å²) in [6.45, 7) is 6.21. The number of nitrogens with one attached hydrogen (secondary N) is 1. The average molecular weight is 564 g/mol. The first-order valence-electron chi connectivity index (χ1n) is 12.6. The van der Waals surface area contributed by atoms with Crippen molar-refractivity contribution in [2.24, 2.45) is 0 Å². The molecule has 1 N–H and O–H groups in total. The number of ether oxygens (including phenoxy) is 2. The number of aromatic nitrogens is 1. The van der Waals surface area contributed by atoms with Crippen LogP contribution in [-0.2, 0) is 24.5 Å². The number of pyridine rings is 1. The fourth-order valence-corrected chi connectivity index (χ4v) is 4.80. The molecule has 0 saturated heterocycles. The molecule has 0 amide bonds. The Morgan fingerprint density at radius 1 is 0.897 bits per heavy atom. The molecule has 0 unspecified atom stereocenters. The molecule has 6 nitrogen and oxygen atoms in total. The lowest BCUT2D eigenvalue weighted by molar-refractivity contribution is -0.136. The van der Waals surface area contributed by atoms with Crippen molar-refractivity contribution in [1.29, 1.82) is 0 Å². The molecule has 0 aliphatic rings. The van der Waals surface area contributed by atoms with E-state index in [-0.39, 0.29) is 6.42 Å². The molecule has 212 valence electrons. The molecule has 3 aromatic rings. The molecule has 0 spiro atoms. The van der Waals surface area contributed by atoms with Gasteiger partial charge in [0.05, 0.1) is 20.3 Å². The first-order valence-corrected chi connectivity index (χ1v) is 13.7. The summed E-state index contributed by atoms with van der Waals surface area (Å²) >= 11 is -1.59. The maximum atomic E-state index is 13.3. The van der Waals surface area contributed by atoms with E-state index in [1.165, 1.54) is 0 Å². The number of alkyl halides is 3. The van der Waals surface area contributed by atoms with Crippen LogP contribution in [0, 0.1) is 0 Å². The minimum Gasteiger partial charge on any atom is -0.598 e. The Balaban J connectivity index is 2.03. The van der Waals surface area contributed by atoms with Crippen molar-refractivity contribution < 1.29 is 27.2 Å². The summed E-state index contributed by atoms with van der Waals surface area (Å²) in [5.74, 6) is 1.97. The van der Waals surface area contributed by atoms with Crippen LogP contribution in [0.3, 0.4) is 0 Å². The van der Waals surface area contributed by atoms with Gasteiger partial charge >= 0.3 is 6.18 Å². The monoisotopic (exact) mass is 563 g/mol. The van der Waals surface area contributed by atoms with Gasteiger partial charge in [-0.05, 0) is 68.7 Å². The van der Waals surface area contributed by atoms with Crippen LogP contribution < -0.4 is 19.1 Å². The Morgan fingerprint density at radius 2 is 1.41 bits per heavy atom. The van der Waals surface area contributed by atoms with E-state index in [1.54, 1.807) is 53.3 Å². The van der Waals surface area contributed by atoms with Crippen LogP contribution in [0.15, 0.2) is 66.9 Å². The van der Waals surface area contributed by atoms with Gasteiger partial charge < -0.3 is 18.9 Å². The summed E-state index contributed by atoms with van der Waals surface area (Å²) in [6, 6.07) is 17.8. The SMILES string of the molecule is COc1ccc(CN(Cc2ccc(OC)cc2)c2ncccc2[C@@H](CCC(F)(F)F)N[S@@+]([O-])C(C)(C)C)cc1. The fourth-order valence-electron chi connectivity index (χ4n) is 3.95. The van der Waals surface area contributed by atoms with Gasteiger partial charge in [-0.15, -0.1) is 4.72 Å². The average Bonchev–Trinajstić information content (AvgIpc) is 2.90. The highest BCUT2D eigenvalue weighted by Gasteiger charge is 2.35. The number of hydrogen-bond acceptors (Lipinski definition) is 6. The van der Waals surface area contributed by atoms with E-state index < -0.39 is 34.7 Å². The van der Waals surface area contributed by atoms with Crippen LogP contribution in [-0.4, -0.2) is 34.7 Å². The van der Waals surface area contributed by atoms with E-state index in [4.69, 9.17) is 9.47 Å². The Hall–Kier alpha value is -2.95. The summed E-state index contributed by atoms with van der Waals surface area (Å²) in [4.78, 5) is 6.65. The van der Waals surface area contributed by atoms with E-state index in [2.05, 4.69) is 9.71 Å². The van der Waals surface area contributed by atoms with Crippen molar-refractivity contribution in [3.8, 4) is 11.5 Å². The molecule has 0 aliphatic carbocycles. The third kappa shape index (κ3) is 9.33. The molecule has 1 heterocycles. The van der Waals surface area contributed by atoms with Gasteiger partial charge in [0, 0.05) is 42.6 Å². The third-order valence-corrected chi connectivity index (χ3v) is 7.69. The van der Waals surface area contributed by atoms with Crippen molar-refractivity contribution in [2.45, 2.75) is 63.7 Å². The predicted octanol–water partition coefficient (Wildman–Crippen LogP) is 6.74. The molecular formula is C29H36F3N3O3S. The zero-order valence-corrected chi connectivity index (χ0v) is 23.7. The molecule has 0 radical (unpaired) electrons. The van der Waals surface area contributed by atoms with E-state index in [0.29, 0.717) is 24.5 Å². The summed E-state index contributed by atoms with van der Waals surface area (Å²) in [6.07, 6.45) is -4.02. The largest absolute Gasteiger partial charge is 0.598 e. The molecule has 3 rings (SSSR count). The molecule has 2 atom stereocenters. The zero-order chi connectivity index (χ0) is 28.6. The van der Waals surface area contributed by atoms with Gasteiger partial charge in [-0.2, -0.15) is 13.2 Å². The van der Waals surface area contributed by atoms with Gasteiger partial charge in [0.2, 0.25) is 0 Å². The molecule has 2 aromatic carbocycles. The van der Waals surface area contributed by atoms with Crippen LogP contribution in [0.25, 0.3) is 0 Å². The maximum absolute atomic E-state index is 13.3. The van der Waals surface area contributed by atoms with Gasteiger partial charge in [-0.25, -0.2) is 4.98 Å². The number of hydrogen-bond donors (Lipinski definition) is 1. The molecule has 39 heavy (non-hydrogen) atoms. The van der Waals surface area contributed by atoms with Crippen molar-refractivity contribution in [3.63, 3.8) is 0 Å². The van der Waals surface area contributed by atoms with Crippen LogP contribution in [0.5, 0.6) is 11.5 Å². The first-order chi connectivity index (χ1) is 18.4.